The van der Waals surface area contributed by atoms with E-state index in [4.69, 9.17) is 0 Å². The van der Waals surface area contributed by atoms with Crippen LogP contribution in [0.2, 0.25) is 0 Å². The number of fused-ring (bicyclic) bond motifs is 1. The summed E-state index contributed by atoms with van der Waals surface area (Å²) in [5.74, 6) is 0.463. The number of nitrogens with zero attached hydrogens (tertiary/aromatic N) is 1. The maximum atomic E-state index is 12.0. The first-order chi connectivity index (χ1) is 10.6. The number of carbonyl (C=O) groups excluding carboxylic acids is 1. The molecule has 0 atom stereocenters. The van der Waals surface area contributed by atoms with E-state index in [1.807, 2.05) is 49.4 Å². The summed E-state index contributed by atoms with van der Waals surface area (Å²) in [4.78, 5) is 19.5. The van der Waals surface area contributed by atoms with E-state index in [-0.39, 0.29) is 12.5 Å². The predicted molar refractivity (Wildman–Crippen MR) is 92.1 cm³/mol. The molecule has 0 saturated heterocycles. The molecule has 112 valence electrons. The Morgan fingerprint density at radius 2 is 2.09 bits per heavy atom. The first-order valence-corrected chi connectivity index (χ1v) is 7.66. The Kier molecular flexibility index (Phi) is 4.11. The minimum atomic E-state index is -0.123. The molecule has 3 rings (SSSR count). The lowest BCUT2D eigenvalue weighted by molar-refractivity contribution is -0.114. The van der Waals surface area contributed by atoms with Crippen LogP contribution in [0.1, 0.15) is 5.56 Å². The Bertz CT molecular complexity index is 795. The van der Waals surface area contributed by atoms with E-state index < -0.39 is 0 Å². The van der Waals surface area contributed by atoms with Crippen LogP contribution in [0.3, 0.4) is 0 Å². The van der Waals surface area contributed by atoms with E-state index >= 15 is 0 Å². The standard InChI is InChI=1S/C16H15BrN4O/c1-10-8-11(6-7-12(10)17)19-15(22)9-18-16-20-13-4-2-3-5-14(13)21-16/h2-8H,9H2,1H3,(H,19,22)(H2,18,20,21). The molecule has 0 unspecified atom stereocenters. The largest absolute Gasteiger partial charge is 0.347 e. The number of imidazole rings is 1. The van der Waals surface area contributed by atoms with E-state index in [9.17, 15) is 4.79 Å². The summed E-state index contributed by atoms with van der Waals surface area (Å²) >= 11 is 3.44. The quantitative estimate of drug-likeness (QED) is 0.666. The average Bonchev–Trinajstić information content (AvgIpc) is 2.92. The second-order valence-corrected chi connectivity index (χ2v) is 5.82. The lowest BCUT2D eigenvalue weighted by atomic mass is 10.2. The van der Waals surface area contributed by atoms with Crippen LogP contribution in [0.25, 0.3) is 11.0 Å². The molecule has 0 saturated carbocycles. The van der Waals surface area contributed by atoms with Gasteiger partial charge in [-0.25, -0.2) is 4.98 Å². The van der Waals surface area contributed by atoms with Gasteiger partial charge in [0.05, 0.1) is 17.6 Å². The van der Waals surface area contributed by atoms with Gasteiger partial charge in [-0.2, -0.15) is 0 Å². The molecule has 2 aromatic carbocycles. The summed E-state index contributed by atoms with van der Waals surface area (Å²) in [6.45, 7) is 2.13. The fourth-order valence-corrected chi connectivity index (χ4v) is 2.37. The molecule has 1 aromatic heterocycles. The van der Waals surface area contributed by atoms with Crippen molar-refractivity contribution < 1.29 is 4.79 Å². The molecule has 0 fully saturated rings. The summed E-state index contributed by atoms with van der Waals surface area (Å²) in [5, 5.41) is 5.84. The fraction of sp³-hybridized carbons (Fsp3) is 0.125. The zero-order valence-corrected chi connectivity index (χ0v) is 13.6. The van der Waals surface area contributed by atoms with Crippen molar-refractivity contribution in [3.8, 4) is 0 Å². The van der Waals surface area contributed by atoms with Crippen molar-refractivity contribution in [2.45, 2.75) is 6.92 Å². The molecule has 1 amide bonds. The first kappa shape index (κ1) is 14.6. The number of aromatic nitrogens is 2. The smallest absolute Gasteiger partial charge is 0.243 e. The number of aromatic amines is 1. The Labute approximate surface area is 136 Å². The van der Waals surface area contributed by atoms with E-state index in [2.05, 4.69) is 36.5 Å². The summed E-state index contributed by atoms with van der Waals surface area (Å²) in [6, 6.07) is 13.4. The number of nitrogens with one attached hydrogen (secondary N) is 3. The molecular formula is C16H15BrN4O. The average molecular weight is 359 g/mol. The van der Waals surface area contributed by atoms with Crippen molar-refractivity contribution in [2.24, 2.45) is 0 Å². The zero-order chi connectivity index (χ0) is 15.5. The van der Waals surface area contributed by atoms with Gasteiger partial charge in [-0.3, -0.25) is 4.79 Å². The van der Waals surface area contributed by atoms with Crippen LogP contribution in [-0.2, 0) is 4.79 Å². The molecule has 5 nitrogen and oxygen atoms in total. The Hall–Kier alpha value is -2.34. The van der Waals surface area contributed by atoms with Crippen LogP contribution in [0.5, 0.6) is 0 Å². The highest BCUT2D eigenvalue weighted by Crippen LogP contribution is 2.20. The molecule has 6 heteroatoms. The lowest BCUT2D eigenvalue weighted by Crippen LogP contribution is -2.22. The van der Waals surface area contributed by atoms with Gasteiger partial charge >= 0.3 is 0 Å². The van der Waals surface area contributed by atoms with Crippen molar-refractivity contribution in [3.05, 3.63) is 52.5 Å². The second-order valence-electron chi connectivity index (χ2n) is 4.97. The third-order valence-corrected chi connectivity index (χ3v) is 4.14. The Morgan fingerprint density at radius 1 is 1.27 bits per heavy atom. The van der Waals surface area contributed by atoms with E-state index in [0.717, 1.165) is 26.8 Å². The number of rotatable bonds is 4. The van der Waals surface area contributed by atoms with Crippen LogP contribution in [0, 0.1) is 6.92 Å². The van der Waals surface area contributed by atoms with Crippen molar-refractivity contribution in [3.63, 3.8) is 0 Å². The fourth-order valence-electron chi connectivity index (χ4n) is 2.13. The lowest BCUT2D eigenvalue weighted by Gasteiger charge is -2.07. The van der Waals surface area contributed by atoms with Crippen LogP contribution >= 0.6 is 15.9 Å². The number of anilines is 2. The van der Waals surface area contributed by atoms with Gasteiger partial charge in [0.1, 0.15) is 0 Å². The van der Waals surface area contributed by atoms with Crippen LogP contribution in [-0.4, -0.2) is 22.4 Å². The minimum Gasteiger partial charge on any atom is -0.347 e. The SMILES string of the molecule is Cc1cc(NC(=O)CNc2nc3ccccc3[nH]2)ccc1Br. The zero-order valence-electron chi connectivity index (χ0n) is 12.0. The van der Waals surface area contributed by atoms with Crippen LogP contribution < -0.4 is 10.6 Å². The third kappa shape index (κ3) is 3.28. The van der Waals surface area contributed by atoms with Crippen molar-refractivity contribution in [2.75, 3.05) is 17.2 Å². The van der Waals surface area contributed by atoms with Gasteiger partial charge in [-0.15, -0.1) is 0 Å². The van der Waals surface area contributed by atoms with E-state index in [1.54, 1.807) is 0 Å². The minimum absolute atomic E-state index is 0.123. The molecule has 3 N–H and O–H groups in total. The maximum Gasteiger partial charge on any atom is 0.243 e. The monoisotopic (exact) mass is 358 g/mol. The topological polar surface area (TPSA) is 69.8 Å². The number of para-hydroxylation sites is 2. The van der Waals surface area contributed by atoms with Gasteiger partial charge < -0.3 is 15.6 Å². The molecule has 0 aliphatic rings. The van der Waals surface area contributed by atoms with Gasteiger partial charge in [-0.05, 0) is 42.8 Å². The van der Waals surface area contributed by atoms with Crippen LogP contribution in [0.4, 0.5) is 11.6 Å². The number of hydrogen-bond acceptors (Lipinski definition) is 3. The Morgan fingerprint density at radius 3 is 2.86 bits per heavy atom. The normalized spacial score (nSPS) is 10.6. The maximum absolute atomic E-state index is 12.0. The number of benzene rings is 2. The highest BCUT2D eigenvalue weighted by Gasteiger charge is 2.06. The van der Waals surface area contributed by atoms with Gasteiger partial charge in [0.15, 0.2) is 0 Å². The van der Waals surface area contributed by atoms with Gasteiger partial charge in [0, 0.05) is 10.2 Å². The first-order valence-electron chi connectivity index (χ1n) is 6.86. The van der Waals surface area contributed by atoms with Gasteiger partial charge in [0.25, 0.3) is 0 Å². The number of halogens is 1. The van der Waals surface area contributed by atoms with Gasteiger partial charge in [-0.1, -0.05) is 28.1 Å². The third-order valence-electron chi connectivity index (χ3n) is 3.25. The van der Waals surface area contributed by atoms with E-state index in [1.165, 1.54) is 0 Å². The van der Waals surface area contributed by atoms with E-state index in [0.29, 0.717) is 5.95 Å². The van der Waals surface area contributed by atoms with Crippen molar-refractivity contribution in [1.29, 1.82) is 0 Å². The Balaban J connectivity index is 1.60. The number of aryl methyl sites for hydroxylation is 1. The number of hydrogen-bond donors (Lipinski definition) is 3. The summed E-state index contributed by atoms with van der Waals surface area (Å²) < 4.78 is 1.02. The van der Waals surface area contributed by atoms with Crippen molar-refractivity contribution >= 4 is 44.5 Å². The molecule has 0 bridgehead atoms. The number of amides is 1. The molecule has 0 aliphatic heterocycles. The molecular weight excluding hydrogens is 344 g/mol. The highest BCUT2D eigenvalue weighted by molar-refractivity contribution is 9.10. The molecule has 0 radical (unpaired) electrons. The van der Waals surface area contributed by atoms with Gasteiger partial charge in [0.2, 0.25) is 11.9 Å². The summed E-state index contributed by atoms with van der Waals surface area (Å²) in [7, 11) is 0. The predicted octanol–water partition coefficient (Wildman–Crippen LogP) is 3.68. The molecule has 1 heterocycles. The summed E-state index contributed by atoms with van der Waals surface area (Å²) in [6.07, 6.45) is 0. The van der Waals surface area contributed by atoms with Crippen LogP contribution in [0.15, 0.2) is 46.9 Å². The molecule has 3 aromatic rings. The molecule has 22 heavy (non-hydrogen) atoms. The molecule has 0 spiro atoms. The molecule has 0 aliphatic carbocycles. The number of carbonyl (C=O) groups is 1. The second kappa shape index (κ2) is 6.19. The van der Waals surface area contributed by atoms with Crippen molar-refractivity contribution in [1.82, 2.24) is 9.97 Å². The highest BCUT2D eigenvalue weighted by atomic mass is 79.9. The number of H-pyrrole nitrogens is 1. The summed E-state index contributed by atoms with van der Waals surface area (Å²) in [5.41, 5.74) is 3.66.